The predicted molar refractivity (Wildman–Crippen MR) is 112 cm³/mol. The van der Waals surface area contributed by atoms with E-state index in [1.165, 1.54) is 6.92 Å². The van der Waals surface area contributed by atoms with Crippen LogP contribution in [-0.2, 0) is 14.4 Å². The van der Waals surface area contributed by atoms with Gasteiger partial charge in [0.15, 0.2) is 0 Å². The van der Waals surface area contributed by atoms with Crippen LogP contribution in [0, 0.1) is 5.92 Å². The van der Waals surface area contributed by atoms with Gasteiger partial charge in [-0.3, -0.25) is 14.4 Å². The first-order chi connectivity index (χ1) is 13.8. The fourth-order valence-electron chi connectivity index (χ4n) is 3.23. The van der Waals surface area contributed by atoms with Crippen molar-refractivity contribution in [2.24, 2.45) is 5.92 Å². The number of amides is 3. The quantitative estimate of drug-likeness (QED) is 0.784. The van der Waals surface area contributed by atoms with Crippen LogP contribution < -0.4 is 20.3 Å². The Labute approximate surface area is 170 Å². The molecule has 2 aromatic carbocycles. The van der Waals surface area contributed by atoms with Gasteiger partial charge >= 0.3 is 0 Å². The van der Waals surface area contributed by atoms with E-state index < -0.39 is 5.92 Å². The molecule has 1 unspecified atom stereocenters. The second kappa shape index (κ2) is 8.77. The summed E-state index contributed by atoms with van der Waals surface area (Å²) in [7, 11) is 0. The molecule has 1 saturated heterocycles. The van der Waals surface area contributed by atoms with Crippen molar-refractivity contribution in [3.05, 3.63) is 48.5 Å². The largest absolute Gasteiger partial charge is 0.489 e. The molecule has 0 radical (unpaired) electrons. The molecular weight excluding hydrogens is 370 g/mol. The molecule has 7 nitrogen and oxygen atoms in total. The average molecular weight is 395 g/mol. The topological polar surface area (TPSA) is 87.7 Å². The first-order valence-corrected chi connectivity index (χ1v) is 9.58. The van der Waals surface area contributed by atoms with Crippen LogP contribution in [0.15, 0.2) is 48.5 Å². The van der Waals surface area contributed by atoms with Crippen molar-refractivity contribution in [1.29, 1.82) is 0 Å². The number of benzene rings is 2. The van der Waals surface area contributed by atoms with Gasteiger partial charge in [-0.15, -0.1) is 0 Å². The Bertz CT molecular complexity index is 909. The third-order valence-electron chi connectivity index (χ3n) is 4.49. The van der Waals surface area contributed by atoms with Gasteiger partial charge in [0.05, 0.1) is 17.7 Å². The molecule has 1 atom stereocenters. The van der Waals surface area contributed by atoms with Crippen molar-refractivity contribution in [2.45, 2.75) is 33.3 Å². The number of carbonyl (C=O) groups excluding carboxylic acids is 3. The minimum atomic E-state index is -0.454. The molecule has 1 heterocycles. The summed E-state index contributed by atoms with van der Waals surface area (Å²) in [5, 5.41) is 5.52. The molecule has 1 fully saturated rings. The van der Waals surface area contributed by atoms with E-state index >= 15 is 0 Å². The summed E-state index contributed by atoms with van der Waals surface area (Å²) < 4.78 is 5.81. The maximum Gasteiger partial charge on any atom is 0.229 e. The number of nitrogens with zero attached hydrogens (tertiary/aromatic N) is 1. The maximum absolute atomic E-state index is 12.7. The Morgan fingerprint density at radius 2 is 1.66 bits per heavy atom. The zero-order valence-corrected chi connectivity index (χ0v) is 16.8. The van der Waals surface area contributed by atoms with Gasteiger partial charge in [-0.1, -0.05) is 12.1 Å². The smallest absolute Gasteiger partial charge is 0.229 e. The first-order valence-electron chi connectivity index (χ1n) is 9.58. The molecule has 3 amide bonds. The van der Waals surface area contributed by atoms with Crippen LogP contribution in [0.3, 0.4) is 0 Å². The van der Waals surface area contributed by atoms with Gasteiger partial charge in [0, 0.05) is 31.3 Å². The summed E-state index contributed by atoms with van der Waals surface area (Å²) in [4.78, 5) is 37.9. The monoisotopic (exact) mass is 395 g/mol. The minimum absolute atomic E-state index is 0.0200. The average Bonchev–Trinajstić information content (AvgIpc) is 3.04. The van der Waals surface area contributed by atoms with Crippen LogP contribution in [0.4, 0.5) is 17.1 Å². The number of nitrogens with one attached hydrogen (secondary N) is 2. The Balaban J connectivity index is 1.67. The number of rotatable bonds is 6. The summed E-state index contributed by atoms with van der Waals surface area (Å²) in [6.07, 6.45) is 0.125. The molecule has 1 aliphatic heterocycles. The van der Waals surface area contributed by atoms with Crippen molar-refractivity contribution in [1.82, 2.24) is 0 Å². The maximum atomic E-state index is 12.7. The molecule has 152 valence electrons. The molecule has 29 heavy (non-hydrogen) atoms. The van der Waals surface area contributed by atoms with Crippen LogP contribution in [0.1, 0.15) is 27.2 Å². The van der Waals surface area contributed by atoms with Gasteiger partial charge in [0.2, 0.25) is 17.7 Å². The van der Waals surface area contributed by atoms with Crippen LogP contribution in [-0.4, -0.2) is 30.4 Å². The third-order valence-corrected chi connectivity index (χ3v) is 4.49. The van der Waals surface area contributed by atoms with E-state index in [1.807, 2.05) is 38.1 Å². The van der Waals surface area contributed by atoms with E-state index in [2.05, 4.69) is 10.6 Å². The normalized spacial score (nSPS) is 16.1. The Kier molecular flexibility index (Phi) is 6.16. The minimum Gasteiger partial charge on any atom is -0.489 e. The molecule has 2 aromatic rings. The highest BCUT2D eigenvalue weighted by molar-refractivity contribution is 6.04. The number of carbonyl (C=O) groups is 3. The first kappa shape index (κ1) is 20.4. The van der Waals surface area contributed by atoms with E-state index in [0.29, 0.717) is 29.4 Å². The molecule has 7 heteroatoms. The number of ether oxygens (including phenoxy) is 1. The van der Waals surface area contributed by atoms with E-state index in [0.717, 1.165) is 0 Å². The van der Waals surface area contributed by atoms with E-state index in [-0.39, 0.29) is 30.2 Å². The van der Waals surface area contributed by atoms with Crippen LogP contribution in [0.2, 0.25) is 0 Å². The van der Waals surface area contributed by atoms with Gasteiger partial charge in [-0.05, 0) is 50.2 Å². The summed E-state index contributed by atoms with van der Waals surface area (Å²) in [5.74, 6) is -0.301. The second-order valence-electron chi connectivity index (χ2n) is 7.29. The zero-order chi connectivity index (χ0) is 21.0. The number of hydrogen-bond acceptors (Lipinski definition) is 4. The van der Waals surface area contributed by atoms with Crippen molar-refractivity contribution in [3.8, 4) is 5.75 Å². The molecule has 0 bridgehead atoms. The highest BCUT2D eigenvalue weighted by Crippen LogP contribution is 2.34. The summed E-state index contributed by atoms with van der Waals surface area (Å²) >= 11 is 0. The lowest BCUT2D eigenvalue weighted by atomic mass is 10.1. The van der Waals surface area contributed by atoms with E-state index in [1.54, 1.807) is 29.2 Å². The van der Waals surface area contributed by atoms with Crippen LogP contribution >= 0.6 is 0 Å². The van der Waals surface area contributed by atoms with E-state index in [9.17, 15) is 14.4 Å². The number of hydrogen-bond donors (Lipinski definition) is 2. The Morgan fingerprint density at radius 3 is 2.28 bits per heavy atom. The van der Waals surface area contributed by atoms with Gasteiger partial charge in [-0.2, -0.15) is 0 Å². The van der Waals surface area contributed by atoms with Crippen molar-refractivity contribution in [2.75, 3.05) is 22.1 Å². The lowest BCUT2D eigenvalue weighted by Crippen LogP contribution is -2.28. The highest BCUT2D eigenvalue weighted by Gasteiger charge is 2.36. The summed E-state index contributed by atoms with van der Waals surface area (Å²) in [6, 6.07) is 14.2. The molecule has 3 rings (SSSR count). The Hall–Kier alpha value is -3.35. The second-order valence-corrected chi connectivity index (χ2v) is 7.29. The standard InChI is InChI=1S/C22H25N3O4/c1-14(2)29-20-7-5-4-6-19(20)25-13-16(12-21(25)27)22(28)24-18-10-8-17(9-11-18)23-15(3)26/h4-11,14,16H,12-13H2,1-3H3,(H,23,26)(H,24,28). The van der Waals surface area contributed by atoms with Gasteiger partial charge in [-0.25, -0.2) is 0 Å². The van der Waals surface area contributed by atoms with Crippen molar-refractivity contribution in [3.63, 3.8) is 0 Å². The lowest BCUT2D eigenvalue weighted by Gasteiger charge is -2.21. The summed E-state index contributed by atoms with van der Waals surface area (Å²) in [5.41, 5.74) is 1.94. The molecule has 2 N–H and O–H groups in total. The van der Waals surface area contributed by atoms with Gasteiger partial charge in [0.25, 0.3) is 0 Å². The lowest BCUT2D eigenvalue weighted by molar-refractivity contribution is -0.122. The fourth-order valence-corrected chi connectivity index (χ4v) is 3.23. The molecule has 0 spiro atoms. The molecule has 0 aliphatic carbocycles. The highest BCUT2D eigenvalue weighted by atomic mass is 16.5. The number of para-hydroxylation sites is 2. The molecule has 0 aromatic heterocycles. The van der Waals surface area contributed by atoms with E-state index in [4.69, 9.17) is 4.74 Å². The van der Waals surface area contributed by atoms with Crippen molar-refractivity contribution < 1.29 is 19.1 Å². The summed E-state index contributed by atoms with van der Waals surface area (Å²) in [6.45, 7) is 5.59. The van der Waals surface area contributed by atoms with Crippen molar-refractivity contribution >= 4 is 34.8 Å². The molecule has 1 aliphatic rings. The van der Waals surface area contributed by atoms with Gasteiger partial charge < -0.3 is 20.3 Å². The van der Waals surface area contributed by atoms with Gasteiger partial charge in [0.1, 0.15) is 5.75 Å². The molecule has 0 saturated carbocycles. The number of anilines is 3. The molecular formula is C22H25N3O4. The SMILES string of the molecule is CC(=O)Nc1ccc(NC(=O)C2CC(=O)N(c3ccccc3OC(C)C)C2)cc1. The zero-order valence-electron chi connectivity index (χ0n) is 16.8. The third kappa shape index (κ3) is 5.13. The fraction of sp³-hybridized carbons (Fsp3) is 0.318. The van der Waals surface area contributed by atoms with Crippen LogP contribution in [0.25, 0.3) is 0 Å². The Morgan fingerprint density at radius 1 is 1.03 bits per heavy atom. The predicted octanol–water partition coefficient (Wildman–Crippen LogP) is 3.42. The van der Waals surface area contributed by atoms with Crippen LogP contribution in [0.5, 0.6) is 5.75 Å².